The van der Waals surface area contributed by atoms with Gasteiger partial charge in [0.1, 0.15) is 13.2 Å². The van der Waals surface area contributed by atoms with Gasteiger partial charge in [-0.1, -0.05) is 6.92 Å². The van der Waals surface area contributed by atoms with E-state index in [9.17, 15) is 9.59 Å². The lowest BCUT2D eigenvalue weighted by Gasteiger charge is -2.15. The molecule has 0 N–H and O–H groups in total. The molecule has 9 heteroatoms. The Morgan fingerprint density at radius 2 is 1.03 bits per heavy atom. The Bertz CT molecular complexity index is 666. The van der Waals surface area contributed by atoms with Crippen LogP contribution in [0.1, 0.15) is 34.1 Å². The van der Waals surface area contributed by atoms with E-state index in [0.717, 1.165) is 0 Å². The molecular weight excluding hydrogens is 394 g/mol. The third kappa shape index (κ3) is 5.91. The van der Waals surface area contributed by atoms with Crippen LogP contribution in [0, 0.1) is 0 Å². The normalized spacial score (nSPS) is 19.8. The van der Waals surface area contributed by atoms with Crippen molar-refractivity contribution in [1.29, 1.82) is 0 Å². The van der Waals surface area contributed by atoms with Crippen molar-refractivity contribution in [3.8, 4) is 11.5 Å². The van der Waals surface area contributed by atoms with Gasteiger partial charge in [0.05, 0.1) is 64.0 Å². The minimum absolute atomic E-state index is 0.273. The summed E-state index contributed by atoms with van der Waals surface area (Å²) in [5.41, 5.74) is 0.668. The molecule has 0 atom stereocenters. The van der Waals surface area contributed by atoms with Crippen LogP contribution in [0.25, 0.3) is 0 Å². The van der Waals surface area contributed by atoms with Gasteiger partial charge in [-0.15, -0.1) is 0 Å². The van der Waals surface area contributed by atoms with Crippen LogP contribution in [-0.2, 0) is 18.9 Å². The van der Waals surface area contributed by atoms with Gasteiger partial charge in [0.2, 0.25) is 0 Å². The first-order valence-corrected chi connectivity index (χ1v) is 10.3. The number of imide groups is 1. The van der Waals surface area contributed by atoms with E-state index in [1.165, 1.54) is 4.90 Å². The van der Waals surface area contributed by atoms with Gasteiger partial charge in [0.25, 0.3) is 11.8 Å². The van der Waals surface area contributed by atoms with E-state index in [1.54, 1.807) is 12.1 Å². The molecule has 2 heterocycles. The highest BCUT2D eigenvalue weighted by Gasteiger charge is 2.36. The maximum Gasteiger partial charge on any atom is 0.261 e. The Morgan fingerprint density at radius 1 is 0.667 bits per heavy atom. The number of rotatable bonds is 2. The van der Waals surface area contributed by atoms with Crippen molar-refractivity contribution in [2.24, 2.45) is 0 Å². The standard InChI is InChI=1S/C21H29NO8/c1-2-3-22-20(23)16-14-18-19(15-17(16)21(22)24)30-13-11-28-9-7-26-5-4-25-6-8-27-10-12-29-18/h14-15H,2-13H2,1H3. The fourth-order valence-corrected chi connectivity index (χ4v) is 3.13. The van der Waals surface area contributed by atoms with Crippen molar-refractivity contribution in [1.82, 2.24) is 4.90 Å². The van der Waals surface area contributed by atoms with Crippen LogP contribution in [0.2, 0.25) is 0 Å². The highest BCUT2D eigenvalue weighted by atomic mass is 16.6. The number of amides is 2. The summed E-state index contributed by atoms with van der Waals surface area (Å²) in [6.45, 7) is 6.39. The van der Waals surface area contributed by atoms with Crippen LogP contribution in [0.3, 0.4) is 0 Å². The maximum atomic E-state index is 12.6. The van der Waals surface area contributed by atoms with Crippen LogP contribution >= 0.6 is 0 Å². The van der Waals surface area contributed by atoms with E-state index >= 15 is 0 Å². The Morgan fingerprint density at radius 3 is 1.40 bits per heavy atom. The van der Waals surface area contributed by atoms with E-state index in [2.05, 4.69) is 0 Å². The van der Waals surface area contributed by atoms with E-state index in [1.807, 2.05) is 6.92 Å². The lowest BCUT2D eigenvalue weighted by atomic mass is 10.1. The van der Waals surface area contributed by atoms with Crippen LogP contribution in [0.15, 0.2) is 12.1 Å². The lowest BCUT2D eigenvalue weighted by Crippen LogP contribution is -2.30. The van der Waals surface area contributed by atoms with Gasteiger partial charge in [-0.3, -0.25) is 14.5 Å². The molecule has 1 aromatic carbocycles. The summed E-state index contributed by atoms with van der Waals surface area (Å²) in [7, 11) is 0. The van der Waals surface area contributed by atoms with Crippen molar-refractivity contribution in [3.63, 3.8) is 0 Å². The second kappa shape index (κ2) is 11.8. The summed E-state index contributed by atoms with van der Waals surface area (Å²) in [5, 5.41) is 0. The van der Waals surface area contributed by atoms with Gasteiger partial charge >= 0.3 is 0 Å². The molecule has 30 heavy (non-hydrogen) atoms. The van der Waals surface area contributed by atoms with Gasteiger partial charge in [-0.2, -0.15) is 0 Å². The molecule has 0 saturated heterocycles. The van der Waals surface area contributed by atoms with E-state index in [-0.39, 0.29) is 25.0 Å². The zero-order valence-electron chi connectivity index (χ0n) is 17.4. The van der Waals surface area contributed by atoms with Crippen LogP contribution in [0.5, 0.6) is 11.5 Å². The number of fused-ring (bicyclic) bond motifs is 2. The number of carbonyl (C=O) groups is 2. The number of ether oxygens (including phenoxy) is 6. The van der Waals surface area contributed by atoms with Crippen molar-refractivity contribution >= 4 is 11.8 Å². The van der Waals surface area contributed by atoms with Gasteiger partial charge in [-0.25, -0.2) is 0 Å². The first kappa shape index (κ1) is 22.5. The zero-order valence-corrected chi connectivity index (χ0v) is 17.4. The Balaban J connectivity index is 1.71. The predicted molar refractivity (Wildman–Crippen MR) is 106 cm³/mol. The summed E-state index contributed by atoms with van der Waals surface area (Å²) in [5.74, 6) is 0.189. The Labute approximate surface area is 176 Å². The average Bonchev–Trinajstić information content (AvgIpc) is 2.97. The molecule has 2 amide bonds. The smallest absolute Gasteiger partial charge is 0.261 e. The highest BCUT2D eigenvalue weighted by Crippen LogP contribution is 2.35. The van der Waals surface area contributed by atoms with E-state index in [0.29, 0.717) is 88.4 Å². The third-order valence-corrected chi connectivity index (χ3v) is 4.57. The van der Waals surface area contributed by atoms with Gasteiger partial charge in [-0.05, 0) is 18.6 Å². The minimum atomic E-state index is -0.306. The highest BCUT2D eigenvalue weighted by molar-refractivity contribution is 6.21. The fraction of sp³-hybridized carbons (Fsp3) is 0.619. The predicted octanol–water partition coefficient (Wildman–Crippen LogP) is 1.53. The molecule has 0 bridgehead atoms. The molecule has 0 radical (unpaired) electrons. The molecule has 9 nitrogen and oxygen atoms in total. The third-order valence-electron chi connectivity index (χ3n) is 4.57. The van der Waals surface area contributed by atoms with Gasteiger partial charge in [0.15, 0.2) is 11.5 Å². The van der Waals surface area contributed by atoms with Crippen LogP contribution in [-0.4, -0.2) is 89.3 Å². The first-order valence-electron chi connectivity index (χ1n) is 10.3. The summed E-state index contributed by atoms with van der Waals surface area (Å²) in [6.07, 6.45) is 0.695. The molecule has 2 aliphatic heterocycles. The number of hydrogen-bond acceptors (Lipinski definition) is 8. The van der Waals surface area contributed by atoms with E-state index < -0.39 is 0 Å². The van der Waals surface area contributed by atoms with Crippen LogP contribution in [0.4, 0.5) is 0 Å². The number of benzene rings is 1. The van der Waals surface area contributed by atoms with Gasteiger partial charge < -0.3 is 28.4 Å². The lowest BCUT2D eigenvalue weighted by molar-refractivity contribution is -0.00842. The number of nitrogens with zero attached hydrogens (tertiary/aromatic N) is 1. The number of carbonyl (C=O) groups excluding carboxylic acids is 2. The van der Waals surface area contributed by atoms with Crippen LogP contribution < -0.4 is 9.47 Å². The Hall–Kier alpha value is -2.20. The second-order valence-electron chi connectivity index (χ2n) is 6.75. The molecule has 166 valence electrons. The number of hydrogen-bond donors (Lipinski definition) is 0. The summed E-state index contributed by atoms with van der Waals surface area (Å²) in [6, 6.07) is 3.16. The Kier molecular flexibility index (Phi) is 8.88. The largest absolute Gasteiger partial charge is 0.487 e. The molecule has 0 saturated carbocycles. The van der Waals surface area contributed by atoms with Crippen molar-refractivity contribution in [2.75, 3.05) is 72.6 Å². The molecule has 3 rings (SSSR count). The minimum Gasteiger partial charge on any atom is -0.487 e. The molecule has 2 aliphatic rings. The molecule has 0 aromatic heterocycles. The van der Waals surface area contributed by atoms with E-state index in [4.69, 9.17) is 28.4 Å². The molecule has 0 aliphatic carbocycles. The summed E-state index contributed by atoms with van der Waals surface area (Å²) in [4.78, 5) is 26.5. The molecule has 0 fully saturated rings. The average molecular weight is 423 g/mol. The molecule has 0 spiro atoms. The molecule has 0 unspecified atom stereocenters. The quantitative estimate of drug-likeness (QED) is 0.662. The first-order chi connectivity index (χ1) is 14.7. The molecule has 1 aromatic rings. The van der Waals surface area contributed by atoms with Crippen molar-refractivity contribution in [3.05, 3.63) is 23.3 Å². The summed E-state index contributed by atoms with van der Waals surface area (Å²) >= 11 is 0. The summed E-state index contributed by atoms with van der Waals surface area (Å²) < 4.78 is 33.4. The maximum absolute atomic E-state index is 12.6. The monoisotopic (exact) mass is 423 g/mol. The van der Waals surface area contributed by atoms with Crippen molar-refractivity contribution in [2.45, 2.75) is 13.3 Å². The SMILES string of the molecule is CCCN1C(=O)c2cc3c(cc2C1=O)OCCOCCOCCOCCOCCO3. The van der Waals surface area contributed by atoms with Gasteiger partial charge in [0, 0.05) is 6.54 Å². The fourth-order valence-electron chi connectivity index (χ4n) is 3.13. The molecular formula is C21H29NO8. The zero-order chi connectivity index (χ0) is 21.2. The van der Waals surface area contributed by atoms with Crippen molar-refractivity contribution < 1.29 is 38.0 Å². The second-order valence-corrected chi connectivity index (χ2v) is 6.75. The topological polar surface area (TPSA) is 92.8 Å².